The van der Waals surface area contributed by atoms with E-state index in [4.69, 9.17) is 10.2 Å². The predicted molar refractivity (Wildman–Crippen MR) is 81.8 cm³/mol. The largest absolute Gasteiger partial charge is 0.464 e. The van der Waals surface area contributed by atoms with E-state index in [9.17, 15) is 22.8 Å². The third-order valence-corrected chi connectivity index (χ3v) is 3.19. The molecule has 0 saturated heterocycles. The number of nitrogens with zero attached hydrogens (tertiary/aromatic N) is 3. The molecule has 10 heteroatoms. The highest BCUT2D eigenvalue weighted by atomic mass is 19.4. The smallest absolute Gasteiger partial charge is 0.421 e. The van der Waals surface area contributed by atoms with Crippen LogP contribution in [0.2, 0.25) is 0 Å². The molecule has 0 aromatic heterocycles. The minimum absolute atomic E-state index is 0.0641. The van der Waals surface area contributed by atoms with Crippen molar-refractivity contribution in [2.75, 3.05) is 44.0 Å². The fourth-order valence-corrected chi connectivity index (χ4v) is 1.89. The molecule has 2 amide bonds. The minimum atomic E-state index is -4.74. The molecule has 0 fully saturated rings. The van der Waals surface area contributed by atoms with Crippen molar-refractivity contribution in [2.45, 2.75) is 6.18 Å². The van der Waals surface area contributed by atoms with E-state index < -0.39 is 29.6 Å². The zero-order chi connectivity index (χ0) is 18.7. The number of halogens is 3. The van der Waals surface area contributed by atoms with Crippen LogP contribution in [-0.2, 0) is 6.18 Å². The van der Waals surface area contributed by atoms with Crippen molar-refractivity contribution < 1.29 is 33.0 Å². The number of carbonyl (C=O) groups is 2. The lowest BCUT2D eigenvalue weighted by atomic mass is 10.1. The Labute approximate surface area is 136 Å². The Morgan fingerprint density at radius 3 is 1.88 bits per heavy atom. The van der Waals surface area contributed by atoms with Gasteiger partial charge in [0.15, 0.2) is 0 Å². The van der Waals surface area contributed by atoms with Crippen molar-refractivity contribution >= 4 is 23.6 Å². The highest BCUT2D eigenvalue weighted by Crippen LogP contribution is 2.35. The molecule has 0 radical (unpaired) electrons. The van der Waals surface area contributed by atoms with E-state index in [1.165, 1.54) is 11.9 Å². The van der Waals surface area contributed by atoms with Crippen LogP contribution in [0.1, 0.15) is 5.56 Å². The third-order valence-electron chi connectivity index (χ3n) is 3.19. The number of carboxylic acid groups (broad SMARTS) is 2. The molecule has 0 spiro atoms. The average molecular weight is 349 g/mol. The van der Waals surface area contributed by atoms with Gasteiger partial charge in [0.05, 0.1) is 11.3 Å². The Bertz CT molecular complexity index is 606. The number of hydrogen-bond donors (Lipinski definition) is 2. The standard InChI is InChI=1S/C14H18F3N3O4/c1-18(2)4-5-19(3)10-6-9(14(15,16)17)7-11(8-10)20(12(21)22)13(23)24/h6-8H,4-5H2,1-3H3,(H,21,22)(H,23,24). The normalized spacial score (nSPS) is 11.5. The monoisotopic (exact) mass is 349 g/mol. The summed E-state index contributed by atoms with van der Waals surface area (Å²) in [5.74, 6) is 0. The number of anilines is 2. The van der Waals surface area contributed by atoms with Crippen molar-refractivity contribution in [3.63, 3.8) is 0 Å². The number of rotatable bonds is 5. The predicted octanol–water partition coefficient (Wildman–Crippen LogP) is 2.87. The van der Waals surface area contributed by atoms with Crippen LogP contribution in [-0.4, -0.2) is 61.5 Å². The Kier molecular flexibility index (Phi) is 6.02. The molecule has 0 heterocycles. The lowest BCUT2D eigenvalue weighted by Gasteiger charge is -2.24. The highest BCUT2D eigenvalue weighted by Gasteiger charge is 2.33. The maximum Gasteiger partial charge on any atom is 0.421 e. The van der Waals surface area contributed by atoms with E-state index in [2.05, 4.69) is 0 Å². The molecule has 1 rings (SSSR count). The molecule has 0 aliphatic heterocycles. The number of likely N-dealkylation sites (N-methyl/N-ethyl adjacent to an activating group) is 2. The first-order chi connectivity index (χ1) is 10.9. The average Bonchev–Trinajstić information content (AvgIpc) is 2.42. The van der Waals surface area contributed by atoms with Crippen molar-refractivity contribution in [1.29, 1.82) is 0 Å². The maximum atomic E-state index is 13.1. The van der Waals surface area contributed by atoms with Gasteiger partial charge in [-0.05, 0) is 32.3 Å². The maximum absolute atomic E-state index is 13.1. The van der Waals surface area contributed by atoms with Crippen molar-refractivity contribution in [2.24, 2.45) is 0 Å². The Hall–Kier alpha value is -2.49. The number of benzene rings is 1. The summed E-state index contributed by atoms with van der Waals surface area (Å²) in [7, 11) is 5.12. The molecule has 0 atom stereocenters. The van der Waals surface area contributed by atoms with Gasteiger partial charge in [0.1, 0.15) is 0 Å². The van der Waals surface area contributed by atoms with Gasteiger partial charge in [-0.1, -0.05) is 0 Å². The molecule has 7 nitrogen and oxygen atoms in total. The first-order valence-electron chi connectivity index (χ1n) is 6.77. The van der Waals surface area contributed by atoms with Crippen molar-refractivity contribution in [3.8, 4) is 0 Å². The molecule has 0 unspecified atom stereocenters. The number of hydrogen-bond acceptors (Lipinski definition) is 4. The lowest BCUT2D eigenvalue weighted by molar-refractivity contribution is -0.137. The Balaban J connectivity index is 3.37. The van der Waals surface area contributed by atoms with Gasteiger partial charge in [-0.25, -0.2) is 9.59 Å². The summed E-state index contributed by atoms with van der Waals surface area (Å²) in [4.78, 5) is 25.2. The van der Waals surface area contributed by atoms with Gasteiger partial charge in [-0.2, -0.15) is 18.1 Å². The van der Waals surface area contributed by atoms with Gasteiger partial charge in [0.25, 0.3) is 0 Å². The molecule has 24 heavy (non-hydrogen) atoms. The second-order valence-electron chi connectivity index (χ2n) is 5.36. The highest BCUT2D eigenvalue weighted by molar-refractivity contribution is 6.08. The van der Waals surface area contributed by atoms with Gasteiger partial charge in [-0.15, -0.1) is 0 Å². The number of alkyl halides is 3. The van der Waals surface area contributed by atoms with Gasteiger partial charge < -0.3 is 20.0 Å². The second kappa shape index (κ2) is 7.39. The summed E-state index contributed by atoms with van der Waals surface area (Å²) >= 11 is 0. The number of amides is 2. The molecular weight excluding hydrogens is 331 g/mol. The van der Waals surface area contributed by atoms with Gasteiger partial charge in [0, 0.05) is 25.8 Å². The van der Waals surface area contributed by atoms with Gasteiger partial charge >= 0.3 is 18.4 Å². The van der Waals surface area contributed by atoms with Crippen LogP contribution < -0.4 is 9.80 Å². The fourth-order valence-electron chi connectivity index (χ4n) is 1.89. The van der Waals surface area contributed by atoms with Gasteiger partial charge in [0.2, 0.25) is 0 Å². The van der Waals surface area contributed by atoms with Crippen LogP contribution in [0.25, 0.3) is 0 Å². The summed E-state index contributed by atoms with van der Waals surface area (Å²) in [6.07, 6.45) is -8.51. The van der Waals surface area contributed by atoms with E-state index in [0.29, 0.717) is 19.2 Å². The first kappa shape index (κ1) is 19.6. The van der Waals surface area contributed by atoms with Crippen LogP contribution in [0.3, 0.4) is 0 Å². The topological polar surface area (TPSA) is 84.3 Å². The van der Waals surface area contributed by atoms with Crippen molar-refractivity contribution in [3.05, 3.63) is 23.8 Å². The Morgan fingerprint density at radius 2 is 1.46 bits per heavy atom. The van der Waals surface area contributed by atoms with E-state index in [0.717, 1.165) is 12.1 Å². The van der Waals surface area contributed by atoms with Crippen molar-refractivity contribution in [1.82, 2.24) is 4.90 Å². The van der Waals surface area contributed by atoms with Crippen LogP contribution in [0.15, 0.2) is 18.2 Å². The number of imide groups is 1. The third kappa shape index (κ3) is 5.01. The van der Waals surface area contributed by atoms with E-state index in [1.54, 1.807) is 14.1 Å². The zero-order valence-electron chi connectivity index (χ0n) is 13.3. The summed E-state index contributed by atoms with van der Waals surface area (Å²) in [5.41, 5.74) is -1.65. The Morgan fingerprint density at radius 1 is 0.958 bits per heavy atom. The quantitative estimate of drug-likeness (QED) is 0.850. The fraction of sp³-hybridized carbons (Fsp3) is 0.429. The molecule has 134 valence electrons. The SMILES string of the molecule is CN(C)CCN(C)c1cc(N(C(=O)O)C(=O)O)cc(C(F)(F)F)c1. The summed E-state index contributed by atoms with van der Waals surface area (Å²) < 4.78 is 39.2. The molecular formula is C14H18F3N3O4. The van der Waals surface area contributed by atoms with E-state index in [1.807, 2.05) is 4.90 Å². The van der Waals surface area contributed by atoms with E-state index >= 15 is 0 Å². The molecule has 0 bridgehead atoms. The second-order valence-corrected chi connectivity index (χ2v) is 5.36. The summed E-state index contributed by atoms with van der Waals surface area (Å²) in [5, 5.41) is 17.9. The lowest BCUT2D eigenvalue weighted by Crippen LogP contribution is -2.35. The summed E-state index contributed by atoms with van der Waals surface area (Å²) in [6.45, 7) is 0.914. The molecule has 0 aliphatic carbocycles. The molecule has 2 N–H and O–H groups in total. The van der Waals surface area contributed by atoms with E-state index in [-0.39, 0.29) is 10.6 Å². The molecule has 0 aliphatic rings. The molecule has 1 aromatic carbocycles. The summed E-state index contributed by atoms with van der Waals surface area (Å²) in [6, 6.07) is 2.43. The molecule has 1 aromatic rings. The van der Waals surface area contributed by atoms with Crippen LogP contribution in [0, 0.1) is 0 Å². The zero-order valence-corrected chi connectivity index (χ0v) is 13.3. The van der Waals surface area contributed by atoms with Crippen LogP contribution in [0.4, 0.5) is 34.1 Å². The van der Waals surface area contributed by atoms with Crippen LogP contribution >= 0.6 is 0 Å². The minimum Gasteiger partial charge on any atom is -0.464 e. The van der Waals surface area contributed by atoms with Gasteiger partial charge in [-0.3, -0.25) is 0 Å². The van der Waals surface area contributed by atoms with Crippen LogP contribution in [0.5, 0.6) is 0 Å². The first-order valence-corrected chi connectivity index (χ1v) is 6.77. The molecule has 0 saturated carbocycles.